The zero-order valence-electron chi connectivity index (χ0n) is 15.5. The number of hydrogen-bond acceptors (Lipinski definition) is 4. The van der Waals surface area contributed by atoms with Gasteiger partial charge >= 0.3 is 0 Å². The molecule has 1 amide bonds. The molecule has 0 aliphatic rings. The van der Waals surface area contributed by atoms with E-state index in [2.05, 4.69) is 42.3 Å². The first-order chi connectivity index (χ1) is 11.8. The molecule has 6 heteroatoms. The molecule has 1 aromatic heterocycles. The second-order valence-corrected chi connectivity index (χ2v) is 7.61. The minimum atomic E-state index is -0.552. The molecule has 0 saturated heterocycles. The summed E-state index contributed by atoms with van der Waals surface area (Å²) < 4.78 is 2.15. The molecule has 0 spiro atoms. The van der Waals surface area contributed by atoms with E-state index in [1.54, 1.807) is 11.6 Å². The Labute approximate surface area is 149 Å². The highest BCUT2D eigenvalue weighted by molar-refractivity contribution is 5.91. The predicted molar refractivity (Wildman–Crippen MR) is 100 cm³/mol. The number of fused-ring (bicyclic) bond motifs is 1. The van der Waals surface area contributed by atoms with Crippen molar-refractivity contribution in [2.45, 2.75) is 33.7 Å². The molecule has 1 heterocycles. The van der Waals surface area contributed by atoms with Gasteiger partial charge in [0.25, 0.3) is 5.91 Å². The number of rotatable bonds is 7. The van der Waals surface area contributed by atoms with Crippen LogP contribution in [-0.4, -0.2) is 45.7 Å². The van der Waals surface area contributed by atoms with Gasteiger partial charge in [-0.05, 0) is 49.2 Å². The molecule has 1 aromatic carbocycles. The van der Waals surface area contributed by atoms with Gasteiger partial charge in [0.15, 0.2) is 0 Å². The number of aromatic nitrogens is 2. The van der Waals surface area contributed by atoms with Gasteiger partial charge in [0, 0.05) is 19.2 Å². The average Bonchev–Trinajstić information content (AvgIpc) is 2.97. The minimum absolute atomic E-state index is 0.354. The summed E-state index contributed by atoms with van der Waals surface area (Å²) in [6.07, 6.45) is 5.95. The first kappa shape index (κ1) is 19.1. The van der Waals surface area contributed by atoms with Gasteiger partial charge in [-0.15, -0.1) is 0 Å². The highest BCUT2D eigenvalue weighted by Gasteiger charge is 2.11. The van der Waals surface area contributed by atoms with Crippen LogP contribution in [0.2, 0.25) is 0 Å². The Morgan fingerprint density at radius 3 is 2.80 bits per heavy atom. The van der Waals surface area contributed by atoms with Gasteiger partial charge in [-0.25, -0.2) is 10.5 Å². The summed E-state index contributed by atoms with van der Waals surface area (Å²) in [5, 5.41) is 8.50. The van der Waals surface area contributed by atoms with E-state index in [1.807, 2.05) is 24.5 Å². The van der Waals surface area contributed by atoms with Gasteiger partial charge in [-0.1, -0.05) is 26.8 Å². The summed E-state index contributed by atoms with van der Waals surface area (Å²) in [4.78, 5) is 17.8. The lowest BCUT2D eigenvalue weighted by molar-refractivity contribution is -0.124. The predicted octanol–water partition coefficient (Wildman–Crippen LogP) is 2.92. The van der Waals surface area contributed by atoms with Crippen LogP contribution in [0.15, 0.2) is 30.6 Å². The van der Waals surface area contributed by atoms with Gasteiger partial charge in [0.1, 0.15) is 0 Å². The van der Waals surface area contributed by atoms with Crippen LogP contribution in [0.3, 0.4) is 0 Å². The van der Waals surface area contributed by atoms with Crippen LogP contribution in [-0.2, 0) is 11.3 Å². The Hall–Kier alpha value is -2.18. The van der Waals surface area contributed by atoms with Crippen molar-refractivity contribution in [2.75, 3.05) is 20.1 Å². The van der Waals surface area contributed by atoms with Gasteiger partial charge in [-0.2, -0.15) is 0 Å². The van der Waals surface area contributed by atoms with E-state index in [0.717, 1.165) is 36.2 Å². The number of benzene rings is 1. The molecular weight excluding hydrogens is 316 g/mol. The van der Waals surface area contributed by atoms with Crippen molar-refractivity contribution in [1.29, 1.82) is 0 Å². The molecule has 0 fully saturated rings. The maximum Gasteiger partial charge on any atom is 0.267 e. The second kappa shape index (κ2) is 8.27. The first-order valence-corrected chi connectivity index (χ1v) is 8.54. The molecule has 0 aliphatic carbocycles. The Balaban J connectivity index is 1.99. The van der Waals surface area contributed by atoms with Crippen molar-refractivity contribution in [1.82, 2.24) is 19.9 Å². The summed E-state index contributed by atoms with van der Waals surface area (Å²) in [6.45, 7) is 9.73. The lowest BCUT2D eigenvalue weighted by Gasteiger charge is -2.23. The number of carbonyl (C=O) groups excluding carboxylic acids is 1. The molecule has 0 saturated carbocycles. The molecule has 0 bridgehead atoms. The average molecular weight is 344 g/mol. The summed E-state index contributed by atoms with van der Waals surface area (Å²) in [7, 11) is 2.15. The first-order valence-electron chi connectivity index (χ1n) is 8.54. The van der Waals surface area contributed by atoms with Crippen LogP contribution < -0.4 is 5.48 Å². The molecule has 2 N–H and O–H groups in total. The van der Waals surface area contributed by atoms with E-state index < -0.39 is 5.91 Å². The van der Waals surface area contributed by atoms with E-state index in [9.17, 15) is 4.79 Å². The standard InChI is InChI=1S/C19H28N4O2/c1-19(2,3)9-10-22(4)11-12-23-14-20-16-13-15(5-7-17(16)23)6-8-18(24)21-25/h5-8,13-14,25H,9-12H2,1-4H3,(H,21,24). The SMILES string of the molecule is CN(CCn1cnc2cc(C=CC(=O)NO)ccc21)CCC(C)(C)C. The summed E-state index contributed by atoms with van der Waals surface area (Å²) in [5.74, 6) is -0.552. The number of nitrogens with zero attached hydrogens (tertiary/aromatic N) is 3. The van der Waals surface area contributed by atoms with E-state index in [0.29, 0.717) is 5.41 Å². The molecular formula is C19H28N4O2. The quantitative estimate of drug-likeness (QED) is 0.460. The van der Waals surface area contributed by atoms with Gasteiger partial charge in [0.2, 0.25) is 0 Å². The van der Waals surface area contributed by atoms with Gasteiger partial charge in [-0.3, -0.25) is 10.0 Å². The minimum Gasteiger partial charge on any atom is -0.329 e. The maximum atomic E-state index is 11.0. The zero-order valence-corrected chi connectivity index (χ0v) is 15.5. The summed E-state index contributed by atoms with van der Waals surface area (Å²) in [5.41, 5.74) is 4.76. The molecule has 2 aromatic rings. The van der Waals surface area contributed by atoms with Crippen LogP contribution in [0, 0.1) is 5.41 Å². The number of imidazole rings is 1. The number of nitrogens with one attached hydrogen (secondary N) is 1. The lowest BCUT2D eigenvalue weighted by atomic mass is 9.92. The van der Waals surface area contributed by atoms with Crippen LogP contribution in [0.5, 0.6) is 0 Å². The molecule has 0 aliphatic heterocycles. The Morgan fingerprint density at radius 2 is 2.12 bits per heavy atom. The van der Waals surface area contributed by atoms with Crippen molar-refractivity contribution in [3.05, 3.63) is 36.2 Å². The van der Waals surface area contributed by atoms with Crippen molar-refractivity contribution in [3.63, 3.8) is 0 Å². The highest BCUT2D eigenvalue weighted by Crippen LogP contribution is 2.19. The van der Waals surface area contributed by atoms with Crippen molar-refractivity contribution in [3.8, 4) is 0 Å². The van der Waals surface area contributed by atoms with Gasteiger partial charge in [0.05, 0.1) is 17.4 Å². The van der Waals surface area contributed by atoms with E-state index >= 15 is 0 Å². The van der Waals surface area contributed by atoms with Crippen molar-refractivity contribution < 1.29 is 10.0 Å². The second-order valence-electron chi connectivity index (χ2n) is 7.61. The zero-order chi connectivity index (χ0) is 18.4. The molecule has 0 unspecified atom stereocenters. The largest absolute Gasteiger partial charge is 0.329 e. The fourth-order valence-corrected chi connectivity index (χ4v) is 2.49. The fraction of sp³-hybridized carbons (Fsp3) is 0.474. The Bertz CT molecular complexity index is 743. The molecule has 136 valence electrons. The summed E-state index contributed by atoms with van der Waals surface area (Å²) in [6, 6.07) is 5.87. The van der Waals surface area contributed by atoms with Crippen LogP contribution in [0.1, 0.15) is 32.8 Å². The van der Waals surface area contributed by atoms with Crippen molar-refractivity contribution >= 4 is 23.0 Å². The van der Waals surface area contributed by atoms with Crippen molar-refractivity contribution in [2.24, 2.45) is 5.41 Å². The fourth-order valence-electron chi connectivity index (χ4n) is 2.49. The Kier molecular flexibility index (Phi) is 6.33. The Morgan fingerprint density at radius 1 is 1.36 bits per heavy atom. The number of amides is 1. The number of hydrogen-bond donors (Lipinski definition) is 2. The number of hydroxylamine groups is 1. The number of likely N-dealkylation sites (N-methyl/N-ethyl adjacent to an activating group) is 1. The molecule has 25 heavy (non-hydrogen) atoms. The van der Waals surface area contributed by atoms with E-state index in [1.165, 1.54) is 12.5 Å². The van der Waals surface area contributed by atoms with Gasteiger partial charge < -0.3 is 9.47 Å². The number of carbonyl (C=O) groups is 1. The van der Waals surface area contributed by atoms with Crippen LogP contribution in [0.4, 0.5) is 0 Å². The molecule has 6 nitrogen and oxygen atoms in total. The molecule has 2 rings (SSSR count). The third-order valence-corrected chi connectivity index (χ3v) is 4.15. The smallest absolute Gasteiger partial charge is 0.267 e. The monoisotopic (exact) mass is 344 g/mol. The third kappa shape index (κ3) is 5.99. The van der Waals surface area contributed by atoms with Crippen LogP contribution in [0.25, 0.3) is 17.1 Å². The van der Waals surface area contributed by atoms with E-state index in [4.69, 9.17) is 5.21 Å². The lowest BCUT2D eigenvalue weighted by Crippen LogP contribution is -2.26. The highest BCUT2D eigenvalue weighted by atomic mass is 16.5. The van der Waals surface area contributed by atoms with E-state index in [-0.39, 0.29) is 0 Å². The molecule has 0 radical (unpaired) electrons. The molecule has 0 atom stereocenters. The summed E-state index contributed by atoms with van der Waals surface area (Å²) >= 11 is 0. The van der Waals surface area contributed by atoms with Crippen LogP contribution >= 0.6 is 0 Å². The topological polar surface area (TPSA) is 70.4 Å². The third-order valence-electron chi connectivity index (χ3n) is 4.15. The maximum absolute atomic E-state index is 11.0. The normalized spacial score (nSPS) is 12.4.